The Morgan fingerprint density at radius 2 is 1.96 bits per heavy atom. The number of hydrogen-bond acceptors (Lipinski definition) is 3. The average molecular weight is 353 g/mol. The third-order valence-electron chi connectivity index (χ3n) is 4.78. The summed E-state index contributed by atoms with van der Waals surface area (Å²) in [5, 5.41) is 9.76. The highest BCUT2D eigenvalue weighted by Gasteiger charge is 2.27. The minimum Gasteiger partial charge on any atom is -0.480 e. The first-order valence-corrected chi connectivity index (χ1v) is 8.74. The van der Waals surface area contributed by atoms with Crippen LogP contribution in [-0.2, 0) is 9.59 Å². The van der Waals surface area contributed by atoms with Gasteiger partial charge in [-0.15, -0.1) is 0 Å². The first kappa shape index (κ1) is 18.7. The van der Waals surface area contributed by atoms with Crippen LogP contribution in [0, 0.1) is 0 Å². The Morgan fingerprint density at radius 3 is 2.54 bits per heavy atom. The van der Waals surface area contributed by atoms with Gasteiger partial charge in [0.05, 0.1) is 0 Å². The van der Waals surface area contributed by atoms with Crippen LogP contribution in [0.2, 0.25) is 5.02 Å². The summed E-state index contributed by atoms with van der Waals surface area (Å²) >= 11 is 5.95. The molecule has 1 fully saturated rings. The molecule has 2 rings (SSSR count). The number of amides is 1. The second-order valence-electron chi connectivity index (χ2n) is 6.39. The zero-order valence-electron chi connectivity index (χ0n) is 14.2. The van der Waals surface area contributed by atoms with E-state index in [1.54, 1.807) is 0 Å². The maximum absolute atomic E-state index is 11.8. The summed E-state index contributed by atoms with van der Waals surface area (Å²) < 4.78 is 0. The van der Waals surface area contributed by atoms with Crippen LogP contribution in [0.25, 0.3) is 0 Å². The second-order valence-corrected chi connectivity index (χ2v) is 6.83. The average Bonchev–Trinajstić information content (AvgIpc) is 2.78. The van der Waals surface area contributed by atoms with E-state index in [4.69, 9.17) is 16.7 Å². The van der Waals surface area contributed by atoms with Gasteiger partial charge in [0.2, 0.25) is 5.91 Å². The Hall–Kier alpha value is -1.59. The SMILES string of the molecule is CC(=O)N(CC(=O)O)C1CCCN(C(C)c2ccc(Cl)cc2)CC1. The van der Waals surface area contributed by atoms with Gasteiger partial charge in [0.1, 0.15) is 6.54 Å². The van der Waals surface area contributed by atoms with E-state index in [2.05, 4.69) is 11.8 Å². The number of halogens is 1. The topological polar surface area (TPSA) is 60.9 Å². The summed E-state index contributed by atoms with van der Waals surface area (Å²) in [6.07, 6.45) is 2.59. The summed E-state index contributed by atoms with van der Waals surface area (Å²) in [4.78, 5) is 26.7. The Balaban J connectivity index is 2.02. The summed E-state index contributed by atoms with van der Waals surface area (Å²) in [7, 11) is 0. The molecule has 0 saturated carbocycles. The van der Waals surface area contributed by atoms with Crippen molar-refractivity contribution in [1.82, 2.24) is 9.80 Å². The molecule has 6 heteroatoms. The number of carbonyl (C=O) groups excluding carboxylic acids is 1. The van der Waals surface area contributed by atoms with Crippen LogP contribution in [0.3, 0.4) is 0 Å². The van der Waals surface area contributed by atoms with E-state index in [0.717, 1.165) is 37.4 Å². The first-order chi connectivity index (χ1) is 11.4. The lowest BCUT2D eigenvalue weighted by Crippen LogP contribution is -2.42. The molecule has 1 aliphatic rings. The van der Waals surface area contributed by atoms with Crippen LogP contribution < -0.4 is 0 Å². The molecule has 24 heavy (non-hydrogen) atoms. The normalized spacial score (nSPS) is 20.2. The number of carboxylic acids is 1. The van der Waals surface area contributed by atoms with E-state index >= 15 is 0 Å². The van der Waals surface area contributed by atoms with Gasteiger partial charge in [0, 0.05) is 30.6 Å². The van der Waals surface area contributed by atoms with Crippen LogP contribution >= 0.6 is 11.6 Å². The van der Waals surface area contributed by atoms with Gasteiger partial charge in [0.25, 0.3) is 0 Å². The number of carbonyl (C=O) groups is 2. The lowest BCUT2D eigenvalue weighted by atomic mass is 10.1. The molecule has 0 aliphatic carbocycles. The Kier molecular flexibility index (Phi) is 6.63. The molecule has 1 saturated heterocycles. The standard InChI is InChI=1S/C18H25ClN2O3/c1-13(15-5-7-16(19)8-6-15)20-10-3-4-17(9-11-20)21(14(2)22)12-18(23)24/h5-8,13,17H,3-4,9-12H2,1-2H3,(H,23,24). The zero-order valence-corrected chi connectivity index (χ0v) is 15.0. The number of hydrogen-bond donors (Lipinski definition) is 1. The van der Waals surface area contributed by atoms with Gasteiger partial charge >= 0.3 is 5.97 Å². The molecular formula is C18H25ClN2O3. The molecule has 1 heterocycles. The molecule has 2 atom stereocenters. The highest BCUT2D eigenvalue weighted by molar-refractivity contribution is 6.30. The largest absolute Gasteiger partial charge is 0.480 e. The Morgan fingerprint density at radius 1 is 1.29 bits per heavy atom. The maximum atomic E-state index is 11.8. The van der Waals surface area contributed by atoms with Crippen LogP contribution in [0.5, 0.6) is 0 Å². The van der Waals surface area contributed by atoms with Crippen LogP contribution in [0.15, 0.2) is 24.3 Å². The van der Waals surface area contributed by atoms with Crippen LogP contribution in [0.4, 0.5) is 0 Å². The van der Waals surface area contributed by atoms with Crippen LogP contribution in [-0.4, -0.2) is 52.5 Å². The molecule has 0 spiro atoms. The lowest BCUT2D eigenvalue weighted by molar-refractivity contribution is -0.145. The molecule has 0 bridgehead atoms. The molecule has 1 aromatic carbocycles. The number of rotatable bonds is 5. The third kappa shape index (κ3) is 4.95. The molecule has 0 radical (unpaired) electrons. The second kappa shape index (κ2) is 8.49. The quantitative estimate of drug-likeness (QED) is 0.884. The van der Waals surface area contributed by atoms with Crippen LogP contribution in [0.1, 0.15) is 44.7 Å². The summed E-state index contributed by atoms with van der Waals surface area (Å²) in [5.41, 5.74) is 1.21. The van der Waals surface area contributed by atoms with Gasteiger partial charge < -0.3 is 10.0 Å². The monoisotopic (exact) mass is 352 g/mol. The highest BCUT2D eigenvalue weighted by atomic mass is 35.5. The third-order valence-corrected chi connectivity index (χ3v) is 5.04. The number of likely N-dealkylation sites (tertiary alicyclic amines) is 1. The Bertz CT molecular complexity index is 576. The van der Waals surface area contributed by atoms with Crippen molar-refractivity contribution in [1.29, 1.82) is 0 Å². The summed E-state index contributed by atoms with van der Waals surface area (Å²) in [6, 6.07) is 8.16. The summed E-state index contributed by atoms with van der Waals surface area (Å²) in [6.45, 7) is 5.19. The summed E-state index contributed by atoms with van der Waals surface area (Å²) in [5.74, 6) is -1.12. The molecule has 1 aliphatic heterocycles. The molecule has 132 valence electrons. The lowest BCUT2D eigenvalue weighted by Gasteiger charge is -2.30. The van der Waals surface area contributed by atoms with Gasteiger partial charge in [-0.3, -0.25) is 14.5 Å². The minimum absolute atomic E-state index is 0.000942. The minimum atomic E-state index is -0.958. The molecule has 5 nitrogen and oxygen atoms in total. The maximum Gasteiger partial charge on any atom is 0.323 e. The van der Waals surface area contributed by atoms with Crippen molar-refractivity contribution in [3.05, 3.63) is 34.9 Å². The Labute approximate surface area is 148 Å². The van der Waals surface area contributed by atoms with Gasteiger partial charge in [-0.25, -0.2) is 0 Å². The molecule has 1 N–H and O–H groups in total. The predicted octanol–water partition coefficient (Wildman–Crippen LogP) is 3.19. The predicted molar refractivity (Wildman–Crippen MR) is 94.1 cm³/mol. The van der Waals surface area contributed by atoms with E-state index in [1.165, 1.54) is 17.4 Å². The van der Waals surface area contributed by atoms with Crippen molar-refractivity contribution in [2.75, 3.05) is 19.6 Å². The molecule has 1 amide bonds. The number of carboxylic acid groups (broad SMARTS) is 1. The first-order valence-electron chi connectivity index (χ1n) is 8.37. The van der Waals surface area contributed by atoms with Gasteiger partial charge in [0.15, 0.2) is 0 Å². The fraction of sp³-hybridized carbons (Fsp3) is 0.556. The van der Waals surface area contributed by atoms with Crippen molar-refractivity contribution in [3.8, 4) is 0 Å². The van der Waals surface area contributed by atoms with Crippen molar-refractivity contribution >= 4 is 23.5 Å². The molecule has 1 aromatic rings. The molecular weight excluding hydrogens is 328 g/mol. The highest BCUT2D eigenvalue weighted by Crippen LogP contribution is 2.26. The van der Waals surface area contributed by atoms with Crippen molar-refractivity contribution in [2.24, 2.45) is 0 Å². The van der Waals surface area contributed by atoms with Crippen molar-refractivity contribution < 1.29 is 14.7 Å². The smallest absolute Gasteiger partial charge is 0.323 e. The number of aliphatic carboxylic acids is 1. The van der Waals surface area contributed by atoms with Gasteiger partial charge in [-0.05, 0) is 50.4 Å². The van der Waals surface area contributed by atoms with Gasteiger partial charge in [-0.1, -0.05) is 23.7 Å². The molecule has 0 aromatic heterocycles. The molecule has 2 unspecified atom stereocenters. The van der Waals surface area contributed by atoms with Crippen molar-refractivity contribution in [3.63, 3.8) is 0 Å². The van der Waals surface area contributed by atoms with E-state index in [1.807, 2.05) is 24.3 Å². The van der Waals surface area contributed by atoms with E-state index in [-0.39, 0.29) is 24.5 Å². The fourth-order valence-electron chi connectivity index (χ4n) is 3.40. The van der Waals surface area contributed by atoms with Gasteiger partial charge in [-0.2, -0.15) is 0 Å². The fourth-order valence-corrected chi connectivity index (χ4v) is 3.52. The van der Waals surface area contributed by atoms with Crippen molar-refractivity contribution in [2.45, 2.75) is 45.2 Å². The van der Waals surface area contributed by atoms with E-state index in [0.29, 0.717) is 0 Å². The van der Waals surface area contributed by atoms with E-state index < -0.39 is 5.97 Å². The van der Waals surface area contributed by atoms with E-state index in [9.17, 15) is 9.59 Å². The number of benzene rings is 1. The zero-order chi connectivity index (χ0) is 17.7. The number of nitrogens with zero attached hydrogens (tertiary/aromatic N) is 2.